The van der Waals surface area contributed by atoms with Crippen molar-refractivity contribution in [1.82, 2.24) is 5.32 Å². The Morgan fingerprint density at radius 1 is 0.821 bits per heavy atom. The second kappa shape index (κ2) is 8.02. The van der Waals surface area contributed by atoms with E-state index < -0.39 is 5.60 Å². The van der Waals surface area contributed by atoms with Crippen molar-refractivity contribution in [2.75, 3.05) is 0 Å². The fourth-order valence-corrected chi connectivity index (χ4v) is 4.00. The number of nitrogens with one attached hydrogen (secondary N) is 1. The molecule has 0 spiro atoms. The van der Waals surface area contributed by atoms with Gasteiger partial charge in [0.05, 0.1) is 0 Å². The Balaban J connectivity index is 1.72. The maximum Gasteiger partial charge on any atom is 0.132 e. The molecule has 28 heavy (non-hydrogen) atoms. The van der Waals surface area contributed by atoms with Crippen LogP contribution < -0.4 is 5.32 Å². The van der Waals surface area contributed by atoms with E-state index in [0.29, 0.717) is 6.42 Å². The molecule has 1 saturated heterocycles. The van der Waals surface area contributed by atoms with Crippen LogP contribution in [0.4, 0.5) is 0 Å². The summed E-state index contributed by atoms with van der Waals surface area (Å²) in [7, 11) is 0. The lowest BCUT2D eigenvalue weighted by Crippen LogP contribution is -2.51. The molecule has 0 saturated carbocycles. The van der Waals surface area contributed by atoms with Crippen molar-refractivity contribution in [2.24, 2.45) is 5.92 Å². The van der Waals surface area contributed by atoms with Gasteiger partial charge in [-0.1, -0.05) is 97.6 Å². The second-order valence-corrected chi connectivity index (χ2v) is 7.55. The summed E-state index contributed by atoms with van der Waals surface area (Å²) in [4.78, 5) is 0. The summed E-state index contributed by atoms with van der Waals surface area (Å²) in [5.41, 5.74) is 2.20. The Morgan fingerprint density at radius 2 is 1.36 bits per heavy atom. The van der Waals surface area contributed by atoms with E-state index in [-0.39, 0.29) is 18.0 Å². The Hall–Kier alpha value is -2.86. The van der Waals surface area contributed by atoms with Crippen LogP contribution in [0.25, 0.3) is 0 Å². The fourth-order valence-electron chi connectivity index (χ4n) is 4.00. The Labute approximate surface area is 167 Å². The van der Waals surface area contributed by atoms with E-state index in [1.54, 1.807) is 0 Å². The van der Waals surface area contributed by atoms with E-state index in [2.05, 4.69) is 48.3 Å². The van der Waals surface area contributed by atoms with Crippen molar-refractivity contribution < 1.29 is 5.11 Å². The minimum absolute atomic E-state index is 0.0234. The molecular formula is C26H25NO. The minimum atomic E-state index is -1.08. The zero-order chi connectivity index (χ0) is 19.4. The lowest BCUT2D eigenvalue weighted by molar-refractivity contribution is -0.0196. The molecule has 0 aliphatic carbocycles. The highest BCUT2D eigenvalue weighted by Gasteiger charge is 2.45. The highest BCUT2D eigenvalue weighted by Crippen LogP contribution is 2.42. The van der Waals surface area contributed by atoms with Gasteiger partial charge in [0.1, 0.15) is 5.60 Å². The molecule has 0 aromatic heterocycles. The van der Waals surface area contributed by atoms with E-state index in [0.717, 1.165) is 5.56 Å². The standard InChI is InChI=1S/C26H25NO/c1-20-25(23-15-9-4-10-16-23)27-24(22-13-7-3-8-14-22)19-26(20,28)18-17-21-11-5-2-6-12-21/h2-16,20,24-25,27-28H,19H2,1H3/t20-,24-,25-,26+/m1/s1. The molecule has 1 aliphatic heterocycles. The molecule has 0 unspecified atom stereocenters. The molecule has 0 amide bonds. The van der Waals surface area contributed by atoms with E-state index in [1.165, 1.54) is 11.1 Å². The largest absolute Gasteiger partial charge is 0.377 e. The van der Waals surface area contributed by atoms with Crippen LogP contribution in [0.5, 0.6) is 0 Å². The van der Waals surface area contributed by atoms with Crippen LogP contribution >= 0.6 is 0 Å². The third-order valence-corrected chi connectivity index (χ3v) is 5.71. The van der Waals surface area contributed by atoms with Gasteiger partial charge in [0.2, 0.25) is 0 Å². The van der Waals surface area contributed by atoms with Crippen LogP contribution in [-0.2, 0) is 0 Å². The molecule has 140 valence electrons. The lowest BCUT2D eigenvalue weighted by Gasteiger charge is -2.45. The molecule has 3 aromatic carbocycles. The zero-order valence-electron chi connectivity index (χ0n) is 16.0. The van der Waals surface area contributed by atoms with Gasteiger partial charge in [-0.25, -0.2) is 0 Å². The summed E-state index contributed by atoms with van der Waals surface area (Å²) in [5.74, 6) is 6.38. The van der Waals surface area contributed by atoms with Gasteiger partial charge in [-0.2, -0.15) is 0 Å². The normalized spacial score (nSPS) is 26.9. The van der Waals surface area contributed by atoms with Crippen LogP contribution in [0.15, 0.2) is 91.0 Å². The van der Waals surface area contributed by atoms with E-state index in [4.69, 9.17) is 0 Å². The first-order valence-electron chi connectivity index (χ1n) is 9.82. The van der Waals surface area contributed by atoms with Gasteiger partial charge in [0, 0.05) is 30.0 Å². The number of rotatable bonds is 2. The molecule has 1 aliphatic rings. The maximum absolute atomic E-state index is 11.7. The van der Waals surface area contributed by atoms with Crippen molar-refractivity contribution >= 4 is 0 Å². The predicted molar refractivity (Wildman–Crippen MR) is 114 cm³/mol. The minimum Gasteiger partial charge on any atom is -0.377 e. The van der Waals surface area contributed by atoms with Gasteiger partial charge in [-0.3, -0.25) is 0 Å². The quantitative estimate of drug-likeness (QED) is 0.633. The number of piperidine rings is 1. The molecule has 2 heteroatoms. The van der Waals surface area contributed by atoms with Gasteiger partial charge in [-0.15, -0.1) is 0 Å². The van der Waals surface area contributed by atoms with E-state index in [1.807, 2.05) is 66.7 Å². The van der Waals surface area contributed by atoms with Gasteiger partial charge < -0.3 is 10.4 Å². The molecule has 2 nitrogen and oxygen atoms in total. The lowest BCUT2D eigenvalue weighted by atomic mass is 9.72. The average molecular weight is 367 g/mol. The summed E-state index contributed by atoms with van der Waals surface area (Å²) < 4.78 is 0. The summed E-state index contributed by atoms with van der Waals surface area (Å²) in [6, 6.07) is 30.6. The van der Waals surface area contributed by atoms with Crippen molar-refractivity contribution in [2.45, 2.75) is 31.0 Å². The maximum atomic E-state index is 11.7. The van der Waals surface area contributed by atoms with Crippen molar-refractivity contribution in [3.05, 3.63) is 108 Å². The first kappa shape index (κ1) is 18.5. The Morgan fingerprint density at radius 3 is 1.96 bits per heavy atom. The summed E-state index contributed by atoms with van der Waals surface area (Å²) in [5, 5.41) is 15.4. The van der Waals surface area contributed by atoms with E-state index >= 15 is 0 Å². The first-order valence-corrected chi connectivity index (χ1v) is 9.82. The molecule has 4 rings (SSSR count). The first-order chi connectivity index (χ1) is 13.7. The predicted octanol–water partition coefficient (Wildman–Crippen LogP) is 4.88. The van der Waals surface area contributed by atoms with Crippen molar-refractivity contribution in [3.8, 4) is 11.8 Å². The van der Waals surface area contributed by atoms with Crippen LogP contribution in [0.3, 0.4) is 0 Å². The highest BCUT2D eigenvalue weighted by atomic mass is 16.3. The van der Waals surface area contributed by atoms with Crippen molar-refractivity contribution in [3.63, 3.8) is 0 Å². The molecule has 1 heterocycles. The Bertz CT molecular complexity index is 959. The summed E-state index contributed by atoms with van der Waals surface area (Å²) in [6.45, 7) is 2.09. The smallest absolute Gasteiger partial charge is 0.132 e. The van der Waals surface area contributed by atoms with Gasteiger partial charge in [0.25, 0.3) is 0 Å². The number of aliphatic hydroxyl groups is 1. The molecular weight excluding hydrogens is 342 g/mol. The van der Waals surface area contributed by atoms with Crippen LogP contribution in [0.1, 0.15) is 42.1 Å². The van der Waals surface area contributed by atoms with Crippen LogP contribution in [-0.4, -0.2) is 10.7 Å². The van der Waals surface area contributed by atoms with Crippen LogP contribution in [0, 0.1) is 17.8 Å². The molecule has 1 fully saturated rings. The third-order valence-electron chi connectivity index (χ3n) is 5.71. The highest BCUT2D eigenvalue weighted by molar-refractivity contribution is 5.38. The topological polar surface area (TPSA) is 32.3 Å². The zero-order valence-corrected chi connectivity index (χ0v) is 16.0. The molecule has 2 N–H and O–H groups in total. The third kappa shape index (κ3) is 3.87. The number of hydrogen-bond acceptors (Lipinski definition) is 2. The van der Waals surface area contributed by atoms with Gasteiger partial charge >= 0.3 is 0 Å². The second-order valence-electron chi connectivity index (χ2n) is 7.55. The average Bonchev–Trinajstić information content (AvgIpc) is 2.76. The van der Waals surface area contributed by atoms with E-state index in [9.17, 15) is 5.11 Å². The fraction of sp³-hybridized carbons (Fsp3) is 0.231. The van der Waals surface area contributed by atoms with Gasteiger partial charge in [-0.05, 0) is 23.3 Å². The molecule has 3 aromatic rings. The SMILES string of the molecule is C[C@@H]1[C@H](c2ccccc2)N[C@@H](c2ccccc2)C[C@@]1(O)C#Cc1ccccc1. The van der Waals surface area contributed by atoms with Crippen molar-refractivity contribution in [1.29, 1.82) is 0 Å². The Kier molecular flexibility index (Phi) is 5.30. The molecule has 0 bridgehead atoms. The monoisotopic (exact) mass is 367 g/mol. The summed E-state index contributed by atoms with van der Waals surface area (Å²) >= 11 is 0. The molecule has 4 atom stereocenters. The number of hydrogen-bond donors (Lipinski definition) is 2. The molecule has 0 radical (unpaired) electrons. The summed E-state index contributed by atoms with van der Waals surface area (Å²) in [6.07, 6.45) is 0.557. The van der Waals surface area contributed by atoms with Gasteiger partial charge in [0.15, 0.2) is 0 Å². The van der Waals surface area contributed by atoms with Crippen LogP contribution in [0.2, 0.25) is 0 Å². The number of benzene rings is 3.